The smallest absolute Gasteiger partial charge is 0.277 e. The summed E-state index contributed by atoms with van der Waals surface area (Å²) in [6.45, 7) is 0.566. The van der Waals surface area contributed by atoms with Crippen LogP contribution < -0.4 is 15.2 Å². The third kappa shape index (κ3) is 3.14. The molecule has 6 heteroatoms. The summed E-state index contributed by atoms with van der Waals surface area (Å²) in [5.74, 6) is 0.306. The Morgan fingerprint density at radius 3 is 2.47 bits per heavy atom. The van der Waals surface area contributed by atoms with Crippen molar-refractivity contribution >= 4 is 10.2 Å². The average molecular weight is 233 g/mol. The molecule has 2 aliphatic carbocycles. The molecule has 0 amide bonds. The average Bonchev–Trinajstić information content (AvgIpc) is 2.82. The first-order chi connectivity index (χ1) is 7.11. The minimum absolute atomic E-state index is 0.0336. The molecule has 0 heterocycles. The van der Waals surface area contributed by atoms with E-state index in [4.69, 9.17) is 5.73 Å². The van der Waals surface area contributed by atoms with Gasteiger partial charge in [-0.15, -0.1) is 0 Å². The first-order valence-electron chi connectivity index (χ1n) is 5.60. The molecule has 4 N–H and O–H groups in total. The van der Waals surface area contributed by atoms with Gasteiger partial charge in [0.15, 0.2) is 0 Å². The van der Waals surface area contributed by atoms with Gasteiger partial charge in [-0.3, -0.25) is 0 Å². The van der Waals surface area contributed by atoms with Crippen LogP contribution in [0.3, 0.4) is 0 Å². The van der Waals surface area contributed by atoms with Crippen molar-refractivity contribution in [2.45, 2.75) is 44.2 Å². The molecule has 2 unspecified atom stereocenters. The zero-order chi connectivity index (χ0) is 10.9. The van der Waals surface area contributed by atoms with Crippen molar-refractivity contribution in [3.8, 4) is 0 Å². The Bertz CT molecular complexity index is 313. The van der Waals surface area contributed by atoms with Crippen LogP contribution in [0.15, 0.2) is 0 Å². The van der Waals surface area contributed by atoms with E-state index in [1.54, 1.807) is 0 Å². The molecule has 15 heavy (non-hydrogen) atoms. The molecule has 0 aromatic rings. The zero-order valence-corrected chi connectivity index (χ0v) is 9.59. The van der Waals surface area contributed by atoms with Crippen LogP contribution in [0, 0.1) is 5.92 Å². The van der Waals surface area contributed by atoms with Crippen molar-refractivity contribution in [3.05, 3.63) is 0 Å². The van der Waals surface area contributed by atoms with Gasteiger partial charge in [-0.25, -0.2) is 0 Å². The van der Waals surface area contributed by atoms with Crippen LogP contribution in [0.2, 0.25) is 0 Å². The standard InChI is InChI=1S/C9H19N3O2S/c10-6-7-2-1-3-9(7)12-15(13,14)11-8-4-5-8/h7-9,11-12H,1-6,10H2. The molecular formula is C9H19N3O2S. The Kier molecular flexibility index (Phi) is 3.30. The van der Waals surface area contributed by atoms with Crippen LogP contribution in [-0.4, -0.2) is 27.0 Å². The Morgan fingerprint density at radius 2 is 1.87 bits per heavy atom. The van der Waals surface area contributed by atoms with E-state index in [-0.39, 0.29) is 12.1 Å². The fourth-order valence-corrected chi connectivity index (χ4v) is 3.58. The number of nitrogens with one attached hydrogen (secondary N) is 2. The van der Waals surface area contributed by atoms with Crippen LogP contribution >= 0.6 is 0 Å². The van der Waals surface area contributed by atoms with Crippen LogP contribution in [0.1, 0.15) is 32.1 Å². The zero-order valence-electron chi connectivity index (χ0n) is 8.78. The molecule has 0 bridgehead atoms. The number of hydrogen-bond donors (Lipinski definition) is 3. The van der Waals surface area contributed by atoms with Crippen LogP contribution in [0.4, 0.5) is 0 Å². The predicted molar refractivity (Wildman–Crippen MR) is 58.4 cm³/mol. The maximum Gasteiger partial charge on any atom is 0.277 e. The van der Waals surface area contributed by atoms with E-state index in [1.165, 1.54) is 0 Å². The summed E-state index contributed by atoms with van der Waals surface area (Å²) in [6, 6.07) is 0.200. The molecule has 5 nitrogen and oxygen atoms in total. The van der Waals surface area contributed by atoms with E-state index >= 15 is 0 Å². The lowest BCUT2D eigenvalue weighted by atomic mass is 10.1. The van der Waals surface area contributed by atoms with Crippen LogP contribution in [0.5, 0.6) is 0 Å². The minimum atomic E-state index is -3.30. The summed E-state index contributed by atoms with van der Waals surface area (Å²) in [5.41, 5.74) is 5.60. The van der Waals surface area contributed by atoms with Gasteiger partial charge >= 0.3 is 0 Å². The molecule has 0 saturated heterocycles. The Labute approximate surface area is 91.0 Å². The normalized spacial score (nSPS) is 32.1. The van der Waals surface area contributed by atoms with E-state index in [0.29, 0.717) is 12.5 Å². The van der Waals surface area contributed by atoms with Gasteiger partial charge in [-0.2, -0.15) is 17.9 Å². The molecule has 2 rings (SSSR count). The van der Waals surface area contributed by atoms with E-state index < -0.39 is 10.2 Å². The SMILES string of the molecule is NCC1CCCC1NS(=O)(=O)NC1CC1. The summed E-state index contributed by atoms with van der Waals surface area (Å²) < 4.78 is 28.6. The monoisotopic (exact) mass is 233 g/mol. The highest BCUT2D eigenvalue weighted by molar-refractivity contribution is 7.87. The van der Waals surface area contributed by atoms with Crippen molar-refractivity contribution in [1.29, 1.82) is 0 Å². The van der Waals surface area contributed by atoms with Gasteiger partial charge in [0.05, 0.1) is 0 Å². The fraction of sp³-hybridized carbons (Fsp3) is 1.00. The van der Waals surface area contributed by atoms with Crippen molar-refractivity contribution in [3.63, 3.8) is 0 Å². The Balaban J connectivity index is 1.88. The van der Waals surface area contributed by atoms with Crippen molar-refractivity contribution < 1.29 is 8.42 Å². The van der Waals surface area contributed by atoms with Crippen molar-refractivity contribution in [2.75, 3.05) is 6.54 Å². The first-order valence-corrected chi connectivity index (χ1v) is 7.08. The maximum absolute atomic E-state index is 11.6. The molecule has 0 aliphatic heterocycles. The fourth-order valence-electron chi connectivity index (χ4n) is 2.13. The largest absolute Gasteiger partial charge is 0.330 e. The van der Waals surface area contributed by atoms with E-state index in [2.05, 4.69) is 9.44 Å². The quantitative estimate of drug-likeness (QED) is 0.609. The van der Waals surface area contributed by atoms with E-state index in [9.17, 15) is 8.42 Å². The molecule has 2 atom stereocenters. The van der Waals surface area contributed by atoms with Gasteiger partial charge in [0, 0.05) is 12.1 Å². The Hall–Kier alpha value is -0.170. The second-order valence-electron chi connectivity index (χ2n) is 4.55. The van der Waals surface area contributed by atoms with Gasteiger partial charge in [0.25, 0.3) is 10.2 Å². The second kappa shape index (κ2) is 4.37. The Morgan fingerprint density at radius 1 is 1.13 bits per heavy atom. The molecule has 2 aliphatic rings. The predicted octanol–water partition coefficient (Wildman–Crippen LogP) is -0.300. The summed E-state index contributed by atoms with van der Waals surface area (Å²) in [7, 11) is -3.30. The summed E-state index contributed by atoms with van der Waals surface area (Å²) in [4.78, 5) is 0. The summed E-state index contributed by atoms with van der Waals surface area (Å²) >= 11 is 0. The highest BCUT2D eigenvalue weighted by Crippen LogP contribution is 2.25. The van der Waals surface area contributed by atoms with Crippen molar-refractivity contribution in [1.82, 2.24) is 9.44 Å². The van der Waals surface area contributed by atoms with E-state index in [1.807, 2.05) is 0 Å². The molecule has 2 fully saturated rings. The second-order valence-corrected chi connectivity index (χ2v) is 6.02. The third-order valence-corrected chi connectivity index (χ3v) is 4.42. The third-order valence-electron chi connectivity index (χ3n) is 3.17. The number of nitrogens with two attached hydrogens (primary N) is 1. The summed E-state index contributed by atoms with van der Waals surface area (Å²) in [5, 5.41) is 0. The minimum Gasteiger partial charge on any atom is -0.330 e. The van der Waals surface area contributed by atoms with Gasteiger partial charge < -0.3 is 5.73 Å². The highest BCUT2D eigenvalue weighted by atomic mass is 32.2. The topological polar surface area (TPSA) is 84.2 Å². The van der Waals surface area contributed by atoms with Gasteiger partial charge in [-0.1, -0.05) is 6.42 Å². The molecule has 0 spiro atoms. The number of hydrogen-bond acceptors (Lipinski definition) is 3. The van der Waals surface area contributed by atoms with Crippen LogP contribution in [0.25, 0.3) is 0 Å². The van der Waals surface area contributed by atoms with Gasteiger partial charge in [0.2, 0.25) is 0 Å². The molecule has 0 aromatic carbocycles. The van der Waals surface area contributed by atoms with Gasteiger partial charge in [0.1, 0.15) is 0 Å². The summed E-state index contributed by atoms with van der Waals surface area (Å²) in [6.07, 6.45) is 4.94. The molecule has 0 aromatic heterocycles. The molecule has 2 saturated carbocycles. The maximum atomic E-state index is 11.6. The lowest BCUT2D eigenvalue weighted by Crippen LogP contribution is -2.46. The first kappa shape index (κ1) is 11.3. The van der Waals surface area contributed by atoms with Crippen molar-refractivity contribution in [2.24, 2.45) is 11.7 Å². The van der Waals surface area contributed by atoms with E-state index in [0.717, 1.165) is 32.1 Å². The molecule has 88 valence electrons. The lowest BCUT2D eigenvalue weighted by molar-refractivity contribution is 0.449. The molecule has 0 radical (unpaired) electrons. The highest BCUT2D eigenvalue weighted by Gasteiger charge is 2.32. The number of rotatable bonds is 5. The van der Waals surface area contributed by atoms with Crippen LogP contribution in [-0.2, 0) is 10.2 Å². The molecular weight excluding hydrogens is 214 g/mol. The van der Waals surface area contributed by atoms with Gasteiger partial charge in [-0.05, 0) is 38.1 Å². The lowest BCUT2D eigenvalue weighted by Gasteiger charge is -2.19.